The topological polar surface area (TPSA) is 58.7 Å². The summed E-state index contributed by atoms with van der Waals surface area (Å²) in [6.45, 7) is 8.30. The predicted molar refractivity (Wildman–Crippen MR) is 119 cm³/mol. The van der Waals surface area contributed by atoms with E-state index < -0.39 is 0 Å². The Bertz CT molecular complexity index is 1070. The maximum atomic E-state index is 13.1. The number of hydrogen-bond acceptors (Lipinski definition) is 5. The molecule has 2 aromatic heterocycles. The average molecular weight is 409 g/mol. The van der Waals surface area contributed by atoms with E-state index in [0.717, 1.165) is 48.8 Å². The smallest absolute Gasteiger partial charge is 0.262 e. The van der Waals surface area contributed by atoms with E-state index in [1.54, 1.807) is 4.57 Å². The minimum atomic E-state index is 0.0348. The van der Waals surface area contributed by atoms with Crippen LogP contribution < -0.4 is 5.56 Å². The van der Waals surface area contributed by atoms with Crippen molar-refractivity contribution in [3.05, 3.63) is 40.4 Å². The van der Waals surface area contributed by atoms with Gasteiger partial charge in [-0.25, -0.2) is 0 Å². The molecule has 0 bridgehead atoms. The normalized spacial score (nSPS) is 19.8. The molecule has 1 aromatic carbocycles. The molecule has 0 atom stereocenters. The molecule has 1 saturated carbocycles. The second kappa shape index (κ2) is 8.47. The summed E-state index contributed by atoms with van der Waals surface area (Å²) in [6, 6.07) is 8.57. The first-order valence-corrected chi connectivity index (χ1v) is 11.5. The highest BCUT2D eigenvalue weighted by Crippen LogP contribution is 2.23. The molecule has 1 saturated heterocycles. The highest BCUT2D eigenvalue weighted by molar-refractivity contribution is 5.80. The second-order valence-electron chi connectivity index (χ2n) is 8.88. The van der Waals surface area contributed by atoms with E-state index in [-0.39, 0.29) is 5.56 Å². The van der Waals surface area contributed by atoms with Gasteiger partial charge in [-0.05, 0) is 44.9 Å². The lowest BCUT2D eigenvalue weighted by molar-refractivity contribution is 0.0779. The van der Waals surface area contributed by atoms with Crippen molar-refractivity contribution in [2.24, 2.45) is 0 Å². The molecule has 1 aliphatic heterocycles. The monoisotopic (exact) mass is 408 g/mol. The highest BCUT2D eigenvalue weighted by Gasteiger charge is 2.25. The Hall–Kier alpha value is -2.25. The zero-order valence-corrected chi connectivity index (χ0v) is 18.0. The Balaban J connectivity index is 1.25. The van der Waals surface area contributed by atoms with Crippen LogP contribution in [0.2, 0.25) is 0 Å². The summed E-state index contributed by atoms with van der Waals surface area (Å²) in [5.41, 5.74) is 0.919. The Kier molecular flexibility index (Phi) is 5.56. The predicted octanol–water partition coefficient (Wildman–Crippen LogP) is 2.69. The fraction of sp³-hybridized carbons (Fsp3) is 0.609. The quantitative estimate of drug-likeness (QED) is 0.650. The van der Waals surface area contributed by atoms with Crippen molar-refractivity contribution >= 4 is 16.7 Å². The van der Waals surface area contributed by atoms with Crippen molar-refractivity contribution in [2.45, 2.75) is 58.0 Å². The van der Waals surface area contributed by atoms with Gasteiger partial charge in [0.25, 0.3) is 5.56 Å². The van der Waals surface area contributed by atoms with Gasteiger partial charge in [-0.3, -0.25) is 18.7 Å². The molecule has 3 heterocycles. The highest BCUT2D eigenvalue weighted by atomic mass is 16.1. The zero-order chi connectivity index (χ0) is 20.5. The van der Waals surface area contributed by atoms with Crippen molar-refractivity contribution in [3.8, 4) is 0 Å². The van der Waals surface area contributed by atoms with Crippen LogP contribution in [-0.4, -0.2) is 67.7 Å². The van der Waals surface area contributed by atoms with E-state index in [2.05, 4.69) is 20.0 Å². The number of aryl methyl sites for hydroxylation is 2. The van der Waals surface area contributed by atoms with Crippen LogP contribution in [0, 0.1) is 6.92 Å². The van der Waals surface area contributed by atoms with Gasteiger partial charge < -0.3 is 4.90 Å². The standard InChI is InChI=1S/C23H32N6O/c1-18-24-25-23-28(22(30)20-10-5-6-11-21(20)29(18)23)13-7-12-26-14-16-27(17-15-26)19-8-3-2-4-9-19/h5-6,10-11,19H,2-4,7-9,12-17H2,1H3. The van der Waals surface area contributed by atoms with Crippen LogP contribution in [0.1, 0.15) is 44.3 Å². The molecule has 5 rings (SSSR count). The van der Waals surface area contributed by atoms with Crippen LogP contribution in [0.4, 0.5) is 0 Å². The van der Waals surface area contributed by atoms with Crippen LogP contribution in [0.15, 0.2) is 29.1 Å². The molecule has 0 spiro atoms. The largest absolute Gasteiger partial charge is 0.301 e. The summed E-state index contributed by atoms with van der Waals surface area (Å²) in [4.78, 5) is 18.4. The number of nitrogens with zero attached hydrogens (tertiary/aromatic N) is 6. The van der Waals surface area contributed by atoms with Crippen molar-refractivity contribution < 1.29 is 0 Å². The van der Waals surface area contributed by atoms with Crippen molar-refractivity contribution in [3.63, 3.8) is 0 Å². The van der Waals surface area contributed by atoms with Gasteiger partial charge in [0, 0.05) is 38.8 Å². The fourth-order valence-electron chi connectivity index (χ4n) is 5.35. The first kappa shape index (κ1) is 19.7. The molecule has 7 heteroatoms. The van der Waals surface area contributed by atoms with E-state index in [4.69, 9.17) is 0 Å². The number of hydrogen-bond donors (Lipinski definition) is 0. The average Bonchev–Trinajstić information content (AvgIpc) is 3.18. The Morgan fingerprint density at radius 3 is 2.53 bits per heavy atom. The molecule has 30 heavy (non-hydrogen) atoms. The van der Waals surface area contributed by atoms with E-state index >= 15 is 0 Å². The molecule has 0 amide bonds. The van der Waals surface area contributed by atoms with Crippen molar-refractivity contribution in [2.75, 3.05) is 32.7 Å². The summed E-state index contributed by atoms with van der Waals surface area (Å²) in [5, 5.41) is 9.28. The molecular formula is C23H32N6O. The lowest BCUT2D eigenvalue weighted by Gasteiger charge is -2.40. The minimum absolute atomic E-state index is 0.0348. The maximum absolute atomic E-state index is 13.1. The van der Waals surface area contributed by atoms with Crippen LogP contribution in [0.3, 0.4) is 0 Å². The molecule has 0 radical (unpaired) electrons. The number of para-hydroxylation sites is 1. The first-order chi connectivity index (χ1) is 14.7. The van der Waals surface area contributed by atoms with Gasteiger partial charge in [-0.15, -0.1) is 10.2 Å². The lowest BCUT2D eigenvalue weighted by Crippen LogP contribution is -2.50. The van der Waals surface area contributed by atoms with Crippen LogP contribution in [0.25, 0.3) is 16.7 Å². The summed E-state index contributed by atoms with van der Waals surface area (Å²) in [7, 11) is 0. The number of aromatic nitrogens is 4. The number of piperazine rings is 1. The molecule has 3 aromatic rings. The summed E-state index contributed by atoms with van der Waals surface area (Å²) in [5.74, 6) is 1.46. The van der Waals surface area contributed by atoms with E-state index in [1.807, 2.05) is 35.6 Å². The third kappa shape index (κ3) is 3.65. The van der Waals surface area contributed by atoms with Crippen LogP contribution >= 0.6 is 0 Å². The Morgan fingerprint density at radius 2 is 1.73 bits per heavy atom. The second-order valence-corrected chi connectivity index (χ2v) is 8.88. The molecule has 1 aliphatic carbocycles. The van der Waals surface area contributed by atoms with Gasteiger partial charge >= 0.3 is 0 Å². The van der Waals surface area contributed by atoms with Gasteiger partial charge in [0.05, 0.1) is 10.9 Å². The van der Waals surface area contributed by atoms with Gasteiger partial charge in [-0.2, -0.15) is 0 Å². The van der Waals surface area contributed by atoms with Gasteiger partial charge in [-0.1, -0.05) is 31.4 Å². The molecule has 0 unspecified atom stereocenters. The molecule has 2 fully saturated rings. The summed E-state index contributed by atoms with van der Waals surface area (Å²) in [6.07, 6.45) is 7.95. The zero-order valence-electron chi connectivity index (χ0n) is 18.0. The number of benzene rings is 1. The Labute approximate surface area is 177 Å². The first-order valence-electron chi connectivity index (χ1n) is 11.5. The van der Waals surface area contributed by atoms with Crippen LogP contribution in [-0.2, 0) is 6.54 Å². The molecular weight excluding hydrogens is 376 g/mol. The molecule has 0 N–H and O–H groups in total. The molecule has 2 aliphatic rings. The van der Waals surface area contributed by atoms with Gasteiger partial charge in [0.1, 0.15) is 5.82 Å². The fourth-order valence-corrected chi connectivity index (χ4v) is 5.35. The SMILES string of the molecule is Cc1nnc2n(CCCN3CCN(C4CCCCC4)CC3)c(=O)c3ccccc3n12. The third-order valence-electron chi connectivity index (χ3n) is 7.02. The summed E-state index contributed by atoms with van der Waals surface area (Å²) < 4.78 is 3.81. The summed E-state index contributed by atoms with van der Waals surface area (Å²) >= 11 is 0. The van der Waals surface area contributed by atoms with E-state index in [0.29, 0.717) is 12.3 Å². The van der Waals surface area contributed by atoms with Gasteiger partial charge in [0.2, 0.25) is 5.78 Å². The minimum Gasteiger partial charge on any atom is -0.301 e. The van der Waals surface area contributed by atoms with Crippen molar-refractivity contribution in [1.82, 2.24) is 29.0 Å². The van der Waals surface area contributed by atoms with E-state index in [9.17, 15) is 4.79 Å². The maximum Gasteiger partial charge on any atom is 0.262 e. The molecule has 160 valence electrons. The number of rotatable bonds is 5. The molecule has 7 nitrogen and oxygen atoms in total. The van der Waals surface area contributed by atoms with Gasteiger partial charge in [0.15, 0.2) is 0 Å². The van der Waals surface area contributed by atoms with Crippen LogP contribution in [0.5, 0.6) is 0 Å². The third-order valence-corrected chi connectivity index (χ3v) is 7.02. The van der Waals surface area contributed by atoms with Crippen molar-refractivity contribution in [1.29, 1.82) is 0 Å². The lowest BCUT2D eigenvalue weighted by atomic mass is 9.94. The Morgan fingerprint density at radius 1 is 0.967 bits per heavy atom. The number of fused-ring (bicyclic) bond motifs is 3. The van der Waals surface area contributed by atoms with E-state index in [1.165, 1.54) is 45.2 Å².